The van der Waals surface area contributed by atoms with E-state index in [0.717, 1.165) is 6.07 Å². The molecule has 0 bridgehead atoms. The van der Waals surface area contributed by atoms with Gasteiger partial charge in [-0.05, 0) is 24.3 Å². The molecule has 0 aromatic heterocycles. The highest BCUT2D eigenvalue weighted by atomic mass is 32.2. The number of hydrogen-bond donors (Lipinski definition) is 2. The fourth-order valence-corrected chi connectivity index (χ4v) is 4.97. The van der Waals surface area contributed by atoms with Crippen molar-refractivity contribution in [2.24, 2.45) is 0 Å². The fraction of sp³-hybridized carbons (Fsp3) is 0.158. The van der Waals surface area contributed by atoms with Crippen molar-refractivity contribution in [1.82, 2.24) is 9.62 Å². The van der Waals surface area contributed by atoms with Crippen molar-refractivity contribution >= 4 is 27.6 Å². The van der Waals surface area contributed by atoms with Gasteiger partial charge in [-0.3, -0.25) is 4.79 Å². The van der Waals surface area contributed by atoms with Gasteiger partial charge in [0.2, 0.25) is 5.91 Å². The minimum absolute atomic E-state index is 0.0235. The molecule has 2 N–H and O–H groups in total. The van der Waals surface area contributed by atoms with E-state index in [1.165, 1.54) is 24.3 Å². The molecule has 10 nitrogen and oxygen atoms in total. The lowest BCUT2D eigenvalue weighted by Gasteiger charge is -2.29. The summed E-state index contributed by atoms with van der Waals surface area (Å²) in [6.07, 6.45) is 0. The van der Waals surface area contributed by atoms with Gasteiger partial charge in [-0.25, -0.2) is 21.9 Å². The average Bonchev–Trinajstić information content (AvgIpc) is 3.13. The van der Waals surface area contributed by atoms with Crippen LogP contribution in [-0.4, -0.2) is 37.8 Å². The van der Waals surface area contributed by atoms with Crippen LogP contribution in [0.5, 0.6) is 5.75 Å². The van der Waals surface area contributed by atoms with E-state index in [-0.39, 0.29) is 34.7 Å². The Morgan fingerprint density at radius 1 is 1.32 bits per heavy atom. The molecule has 0 spiro atoms. The Morgan fingerprint density at radius 2 is 2.10 bits per heavy atom. The van der Waals surface area contributed by atoms with Crippen LogP contribution in [-0.2, 0) is 14.8 Å². The predicted octanol–water partition coefficient (Wildman–Crippen LogP) is 1.36. The van der Waals surface area contributed by atoms with Crippen molar-refractivity contribution < 1.29 is 27.1 Å². The molecule has 0 fully saturated rings. The Labute approximate surface area is 175 Å². The van der Waals surface area contributed by atoms with Crippen molar-refractivity contribution in [3.8, 4) is 17.9 Å². The molecule has 31 heavy (non-hydrogen) atoms. The lowest BCUT2D eigenvalue weighted by atomic mass is 10.1. The van der Waals surface area contributed by atoms with Crippen molar-refractivity contribution in [3.63, 3.8) is 0 Å². The van der Waals surface area contributed by atoms with Gasteiger partial charge in [-0.1, -0.05) is 6.07 Å². The zero-order valence-corrected chi connectivity index (χ0v) is 16.4. The summed E-state index contributed by atoms with van der Waals surface area (Å²) in [4.78, 5) is 24.4. The van der Waals surface area contributed by atoms with Crippen molar-refractivity contribution in [2.45, 2.75) is 10.9 Å². The number of carbonyl (C=O) groups is 2. The van der Waals surface area contributed by atoms with Crippen LogP contribution in [0.1, 0.15) is 22.7 Å². The molecular weight excluding hydrogens is 429 g/mol. The normalized spacial score (nSPS) is 18.0. The van der Waals surface area contributed by atoms with Crippen LogP contribution < -0.4 is 15.4 Å². The summed E-state index contributed by atoms with van der Waals surface area (Å²) < 4.78 is 45.8. The third-order valence-electron chi connectivity index (χ3n) is 4.75. The van der Waals surface area contributed by atoms with Gasteiger partial charge in [0.1, 0.15) is 35.7 Å². The molecule has 1 atom stereocenters. The molecule has 2 aromatic rings. The molecule has 0 radical (unpaired) electrons. The number of amides is 3. The first-order chi connectivity index (χ1) is 14.8. The van der Waals surface area contributed by atoms with Crippen LogP contribution in [0, 0.1) is 28.5 Å². The number of halogens is 1. The lowest BCUT2D eigenvalue weighted by molar-refractivity contribution is -0.121. The number of nitrogens with one attached hydrogen (secondary N) is 2. The molecule has 0 aliphatic carbocycles. The van der Waals surface area contributed by atoms with Crippen LogP contribution >= 0.6 is 0 Å². The predicted molar refractivity (Wildman–Crippen MR) is 102 cm³/mol. The Balaban J connectivity index is 1.58. The van der Waals surface area contributed by atoms with Gasteiger partial charge < -0.3 is 15.4 Å². The molecule has 2 aromatic carbocycles. The van der Waals surface area contributed by atoms with Gasteiger partial charge in [0.25, 0.3) is 10.0 Å². The third-order valence-corrected chi connectivity index (χ3v) is 6.58. The van der Waals surface area contributed by atoms with E-state index >= 15 is 0 Å². The van der Waals surface area contributed by atoms with Crippen LogP contribution in [0.15, 0.2) is 35.2 Å². The summed E-state index contributed by atoms with van der Waals surface area (Å²) in [6, 6.07) is 7.88. The minimum atomic E-state index is -4.48. The molecule has 2 heterocycles. The Kier molecular flexibility index (Phi) is 4.72. The standard InChI is InChI=1S/C19H12FN5O5S/c20-12-4-10(6-21)5-15-17(12)14(9-30-15)23-16(26)8-25-19(27)24-13-3-1-2-11(7-22)18(13)31(25,28)29/h1-5,14H,8-9H2,(H,23,26)(H,24,27)/t14-/m1/s1. The molecule has 0 unspecified atom stereocenters. The zero-order valence-electron chi connectivity index (χ0n) is 15.5. The van der Waals surface area contributed by atoms with Crippen LogP contribution in [0.3, 0.4) is 0 Å². The Morgan fingerprint density at radius 3 is 2.81 bits per heavy atom. The second kappa shape index (κ2) is 7.27. The van der Waals surface area contributed by atoms with Crippen molar-refractivity contribution in [3.05, 3.63) is 52.8 Å². The second-order valence-corrected chi connectivity index (χ2v) is 8.45. The van der Waals surface area contributed by atoms with Gasteiger partial charge in [-0.2, -0.15) is 10.5 Å². The maximum atomic E-state index is 14.3. The van der Waals surface area contributed by atoms with Crippen molar-refractivity contribution in [2.75, 3.05) is 18.5 Å². The maximum Gasteiger partial charge on any atom is 0.336 e. The molecule has 2 aliphatic heterocycles. The molecule has 4 rings (SSSR count). The van der Waals surface area contributed by atoms with Gasteiger partial charge in [0.05, 0.1) is 34.5 Å². The van der Waals surface area contributed by atoms with Crippen LogP contribution in [0.4, 0.5) is 14.9 Å². The van der Waals surface area contributed by atoms with Gasteiger partial charge >= 0.3 is 6.03 Å². The average molecular weight is 441 g/mol. The summed E-state index contributed by atoms with van der Waals surface area (Å²) in [5, 5.41) is 22.9. The monoisotopic (exact) mass is 441 g/mol. The van der Waals surface area contributed by atoms with E-state index in [0.29, 0.717) is 4.31 Å². The SMILES string of the molecule is N#Cc1cc(F)c2c(c1)OC[C@H]2NC(=O)CN1C(=O)Nc2cccc(C#N)c2S1(=O)=O. The highest BCUT2D eigenvalue weighted by Crippen LogP contribution is 2.36. The van der Waals surface area contributed by atoms with Gasteiger partial charge in [-0.15, -0.1) is 0 Å². The quantitative estimate of drug-likeness (QED) is 0.729. The molecule has 0 saturated carbocycles. The first-order valence-electron chi connectivity index (χ1n) is 8.78. The number of carbonyl (C=O) groups excluding carboxylic acids is 2. The number of sulfonamides is 1. The molecular formula is C19H12FN5O5S. The summed E-state index contributed by atoms with van der Waals surface area (Å²) in [5.41, 5.74) is -0.174. The summed E-state index contributed by atoms with van der Waals surface area (Å²) >= 11 is 0. The molecule has 12 heteroatoms. The molecule has 3 amide bonds. The summed E-state index contributed by atoms with van der Waals surface area (Å²) in [7, 11) is -4.48. The van der Waals surface area contributed by atoms with E-state index in [4.69, 9.17) is 10.00 Å². The second-order valence-electron chi connectivity index (χ2n) is 6.65. The fourth-order valence-electron chi connectivity index (χ4n) is 3.41. The topological polar surface area (TPSA) is 152 Å². The highest BCUT2D eigenvalue weighted by Gasteiger charge is 2.40. The molecule has 2 aliphatic rings. The van der Waals surface area contributed by atoms with Gasteiger partial charge in [0.15, 0.2) is 0 Å². The first kappa shape index (κ1) is 20.1. The lowest BCUT2D eigenvalue weighted by Crippen LogP contribution is -2.49. The zero-order chi connectivity index (χ0) is 22.3. The molecule has 0 saturated heterocycles. The number of hydrogen-bond acceptors (Lipinski definition) is 7. The number of nitriles is 2. The number of rotatable bonds is 3. The summed E-state index contributed by atoms with van der Waals surface area (Å²) in [5.74, 6) is -1.55. The number of fused-ring (bicyclic) bond motifs is 2. The smallest absolute Gasteiger partial charge is 0.336 e. The number of benzene rings is 2. The third kappa shape index (κ3) is 3.29. The van der Waals surface area contributed by atoms with E-state index in [9.17, 15) is 27.7 Å². The van der Waals surface area contributed by atoms with Crippen LogP contribution in [0.2, 0.25) is 0 Å². The first-order valence-corrected chi connectivity index (χ1v) is 10.2. The Hall–Kier alpha value is -4.16. The van der Waals surface area contributed by atoms with E-state index < -0.39 is 45.3 Å². The van der Waals surface area contributed by atoms with E-state index in [1.54, 1.807) is 12.1 Å². The van der Waals surface area contributed by atoms with E-state index in [1.807, 2.05) is 0 Å². The summed E-state index contributed by atoms with van der Waals surface area (Å²) in [6.45, 7) is -1.02. The Bertz CT molecular complexity index is 1330. The number of nitrogens with zero attached hydrogens (tertiary/aromatic N) is 3. The number of anilines is 1. The minimum Gasteiger partial charge on any atom is -0.491 e. The highest BCUT2D eigenvalue weighted by molar-refractivity contribution is 7.90. The van der Waals surface area contributed by atoms with Crippen LogP contribution in [0.25, 0.3) is 0 Å². The van der Waals surface area contributed by atoms with Crippen molar-refractivity contribution in [1.29, 1.82) is 10.5 Å². The number of urea groups is 1. The van der Waals surface area contributed by atoms with E-state index in [2.05, 4.69) is 10.6 Å². The van der Waals surface area contributed by atoms with Gasteiger partial charge in [0, 0.05) is 0 Å². The maximum absolute atomic E-state index is 14.3. The largest absolute Gasteiger partial charge is 0.491 e. The number of ether oxygens (including phenoxy) is 1. The molecule has 156 valence electrons.